The number of halogens is 1. The van der Waals surface area contributed by atoms with Crippen LogP contribution in [0.15, 0.2) is 41.3 Å². The molecule has 0 saturated carbocycles. The molecule has 2 aromatic carbocycles. The highest BCUT2D eigenvalue weighted by molar-refractivity contribution is 14.1. The van der Waals surface area contributed by atoms with Crippen molar-refractivity contribution in [2.24, 2.45) is 0 Å². The molecule has 0 bridgehead atoms. The Labute approximate surface area is 169 Å². The minimum atomic E-state index is -0.316. The third-order valence-electron chi connectivity index (χ3n) is 3.87. The minimum Gasteiger partial charge on any atom is -0.504 e. The lowest BCUT2D eigenvalue weighted by molar-refractivity contribution is -0.123. The molecule has 1 saturated heterocycles. The number of ether oxygens (including phenoxy) is 1. The van der Waals surface area contributed by atoms with E-state index in [1.807, 2.05) is 53.8 Å². The zero-order chi connectivity index (χ0) is 18.8. The summed E-state index contributed by atoms with van der Waals surface area (Å²) >= 11 is 2.91. The Balaban J connectivity index is 1.87. The van der Waals surface area contributed by atoms with Gasteiger partial charge in [0.2, 0.25) is 0 Å². The fourth-order valence-corrected chi connectivity index (χ4v) is 4.08. The number of carbonyl (C=O) groups excluding carboxylic acids is 2. The van der Waals surface area contributed by atoms with E-state index >= 15 is 0 Å². The van der Waals surface area contributed by atoms with Gasteiger partial charge >= 0.3 is 0 Å². The van der Waals surface area contributed by atoms with Crippen molar-refractivity contribution < 1.29 is 19.4 Å². The molecule has 2 aromatic rings. The fraction of sp³-hybridized carbons (Fsp3) is 0.158. The predicted octanol–water partition coefficient (Wildman–Crippen LogP) is 4.55. The molecule has 7 heteroatoms. The molecule has 1 fully saturated rings. The lowest BCUT2D eigenvalue weighted by atomic mass is 10.1. The van der Waals surface area contributed by atoms with Gasteiger partial charge in [-0.1, -0.05) is 29.8 Å². The first-order valence-electron chi connectivity index (χ1n) is 7.76. The molecule has 0 aliphatic carbocycles. The van der Waals surface area contributed by atoms with Gasteiger partial charge in [-0.3, -0.25) is 14.5 Å². The Morgan fingerprint density at radius 3 is 2.73 bits per heavy atom. The maximum absolute atomic E-state index is 12.6. The zero-order valence-electron chi connectivity index (χ0n) is 14.2. The largest absolute Gasteiger partial charge is 0.504 e. The van der Waals surface area contributed by atoms with Gasteiger partial charge in [-0.15, -0.1) is 0 Å². The third-order valence-corrected chi connectivity index (χ3v) is 5.59. The van der Waals surface area contributed by atoms with Gasteiger partial charge in [0, 0.05) is 0 Å². The van der Waals surface area contributed by atoms with Crippen molar-refractivity contribution >= 4 is 51.6 Å². The number of rotatable bonds is 4. The minimum absolute atomic E-state index is 0.0535. The van der Waals surface area contributed by atoms with Gasteiger partial charge in [-0.05, 0) is 70.6 Å². The standard InChI is InChI=1S/C19H16INO4S/c1-11-4-3-5-12(6-11)10-21-18(23)16(26-19(21)24)9-13-7-14(20)17(22)15(8-13)25-2/h3-9,22H,10H2,1-2H3/b16-9-. The van der Waals surface area contributed by atoms with E-state index in [1.165, 1.54) is 12.0 Å². The molecule has 1 N–H and O–H groups in total. The highest BCUT2D eigenvalue weighted by Crippen LogP contribution is 2.36. The molecule has 0 unspecified atom stereocenters. The highest BCUT2D eigenvalue weighted by Gasteiger charge is 2.35. The quantitative estimate of drug-likeness (QED) is 0.513. The molecule has 0 spiro atoms. The summed E-state index contributed by atoms with van der Waals surface area (Å²) in [5.74, 6) is 0.0588. The molecular weight excluding hydrogens is 465 g/mol. The Hall–Kier alpha value is -2.00. The number of aromatic hydroxyl groups is 1. The number of phenols is 1. The van der Waals surface area contributed by atoms with E-state index in [0.29, 0.717) is 19.8 Å². The van der Waals surface area contributed by atoms with E-state index in [1.54, 1.807) is 18.2 Å². The summed E-state index contributed by atoms with van der Waals surface area (Å²) in [5.41, 5.74) is 2.68. The zero-order valence-corrected chi connectivity index (χ0v) is 17.1. The molecule has 0 atom stereocenters. The van der Waals surface area contributed by atoms with Crippen LogP contribution in [-0.2, 0) is 11.3 Å². The summed E-state index contributed by atoms with van der Waals surface area (Å²) in [6.45, 7) is 2.22. The van der Waals surface area contributed by atoms with Gasteiger partial charge in [-0.25, -0.2) is 0 Å². The number of imide groups is 1. The fourth-order valence-electron chi connectivity index (χ4n) is 2.61. The second kappa shape index (κ2) is 7.71. The molecule has 3 rings (SSSR count). The van der Waals surface area contributed by atoms with Gasteiger partial charge in [0.15, 0.2) is 11.5 Å². The van der Waals surface area contributed by atoms with Crippen LogP contribution in [0.3, 0.4) is 0 Å². The lowest BCUT2D eigenvalue weighted by Gasteiger charge is -2.12. The first kappa shape index (κ1) is 18.8. The van der Waals surface area contributed by atoms with Crippen molar-refractivity contribution in [1.29, 1.82) is 0 Å². The van der Waals surface area contributed by atoms with Gasteiger partial charge < -0.3 is 9.84 Å². The maximum Gasteiger partial charge on any atom is 0.293 e. The number of phenolic OH excluding ortho intramolecular Hbond substituents is 1. The van der Waals surface area contributed by atoms with Crippen molar-refractivity contribution in [3.8, 4) is 11.5 Å². The van der Waals surface area contributed by atoms with E-state index in [-0.39, 0.29) is 23.4 Å². The van der Waals surface area contributed by atoms with Crippen molar-refractivity contribution in [3.63, 3.8) is 0 Å². The number of hydrogen-bond acceptors (Lipinski definition) is 5. The third kappa shape index (κ3) is 3.88. The Morgan fingerprint density at radius 2 is 2.04 bits per heavy atom. The van der Waals surface area contributed by atoms with E-state index in [0.717, 1.165) is 22.9 Å². The number of aryl methyl sites for hydroxylation is 1. The predicted molar refractivity (Wildman–Crippen MR) is 110 cm³/mol. The van der Waals surface area contributed by atoms with Crippen molar-refractivity contribution in [2.45, 2.75) is 13.5 Å². The number of thioether (sulfide) groups is 1. The van der Waals surface area contributed by atoms with Crippen LogP contribution in [0, 0.1) is 10.5 Å². The summed E-state index contributed by atoms with van der Waals surface area (Å²) in [6, 6.07) is 11.1. The summed E-state index contributed by atoms with van der Waals surface area (Å²) in [5, 5.41) is 9.63. The van der Waals surface area contributed by atoms with Crippen LogP contribution >= 0.6 is 34.4 Å². The molecule has 1 aliphatic heterocycles. The summed E-state index contributed by atoms with van der Waals surface area (Å²) in [4.78, 5) is 26.5. The second-order valence-corrected chi connectivity index (χ2v) is 7.97. The van der Waals surface area contributed by atoms with E-state index in [2.05, 4.69) is 0 Å². The molecular formula is C19H16INO4S. The maximum atomic E-state index is 12.6. The molecule has 5 nitrogen and oxygen atoms in total. The number of nitrogens with zero attached hydrogens (tertiary/aromatic N) is 1. The van der Waals surface area contributed by atoms with Crippen molar-refractivity contribution in [2.75, 3.05) is 7.11 Å². The second-order valence-electron chi connectivity index (χ2n) is 5.81. The first-order chi connectivity index (χ1) is 12.4. The monoisotopic (exact) mass is 481 g/mol. The van der Waals surface area contributed by atoms with Crippen LogP contribution in [0.1, 0.15) is 16.7 Å². The van der Waals surface area contributed by atoms with Crippen molar-refractivity contribution in [3.05, 3.63) is 61.6 Å². The van der Waals surface area contributed by atoms with Crippen LogP contribution in [0.5, 0.6) is 11.5 Å². The number of benzene rings is 2. The average molecular weight is 481 g/mol. The first-order valence-corrected chi connectivity index (χ1v) is 9.66. The SMILES string of the molecule is COc1cc(/C=C2\SC(=O)N(Cc3cccc(C)c3)C2=O)cc(I)c1O. The van der Waals surface area contributed by atoms with Crippen LogP contribution in [0.25, 0.3) is 6.08 Å². The van der Waals surface area contributed by atoms with Crippen LogP contribution in [0.2, 0.25) is 0 Å². The molecule has 26 heavy (non-hydrogen) atoms. The van der Waals surface area contributed by atoms with Crippen molar-refractivity contribution in [1.82, 2.24) is 4.90 Å². The lowest BCUT2D eigenvalue weighted by Crippen LogP contribution is -2.27. The molecule has 1 aliphatic rings. The van der Waals surface area contributed by atoms with E-state index < -0.39 is 0 Å². The van der Waals surface area contributed by atoms with Gasteiger partial charge in [-0.2, -0.15) is 0 Å². The molecule has 0 aromatic heterocycles. The van der Waals surface area contributed by atoms with Crippen LogP contribution in [-0.4, -0.2) is 28.3 Å². The molecule has 134 valence electrons. The number of hydrogen-bond donors (Lipinski definition) is 1. The van der Waals surface area contributed by atoms with Gasteiger partial charge in [0.1, 0.15) is 0 Å². The summed E-state index contributed by atoms with van der Waals surface area (Å²) in [7, 11) is 1.46. The van der Waals surface area contributed by atoms with E-state index in [9.17, 15) is 14.7 Å². The van der Waals surface area contributed by atoms with Gasteiger partial charge in [0.25, 0.3) is 11.1 Å². The normalized spacial score (nSPS) is 15.8. The molecule has 0 radical (unpaired) electrons. The van der Waals surface area contributed by atoms with Crippen LogP contribution in [0.4, 0.5) is 4.79 Å². The number of methoxy groups -OCH3 is 1. The smallest absolute Gasteiger partial charge is 0.293 e. The topological polar surface area (TPSA) is 66.8 Å². The van der Waals surface area contributed by atoms with Crippen LogP contribution < -0.4 is 4.74 Å². The molecule has 2 amide bonds. The Kier molecular flexibility index (Phi) is 5.57. The molecule has 1 heterocycles. The number of amides is 2. The summed E-state index contributed by atoms with van der Waals surface area (Å²) in [6.07, 6.45) is 1.64. The van der Waals surface area contributed by atoms with Gasteiger partial charge in [0.05, 0.1) is 22.1 Å². The average Bonchev–Trinajstić information content (AvgIpc) is 2.85. The highest BCUT2D eigenvalue weighted by atomic mass is 127. The number of carbonyl (C=O) groups is 2. The Bertz CT molecular complexity index is 926. The van der Waals surface area contributed by atoms with E-state index in [4.69, 9.17) is 4.74 Å². The summed E-state index contributed by atoms with van der Waals surface area (Å²) < 4.78 is 5.74. The Morgan fingerprint density at radius 1 is 1.27 bits per heavy atom.